The Morgan fingerprint density at radius 2 is 2.00 bits per heavy atom. The zero-order chi connectivity index (χ0) is 15.7. The molecule has 0 bridgehead atoms. The molecular weight excluding hydrogens is 264 g/mol. The second-order valence-corrected chi connectivity index (χ2v) is 12.6. The van der Waals surface area contributed by atoms with E-state index in [0.29, 0.717) is 12.5 Å². The lowest BCUT2D eigenvalue weighted by Crippen LogP contribution is -2.45. The minimum absolute atomic E-state index is 0.145. The van der Waals surface area contributed by atoms with E-state index in [0.717, 1.165) is 17.6 Å². The van der Waals surface area contributed by atoms with Gasteiger partial charge in [0.1, 0.15) is 0 Å². The van der Waals surface area contributed by atoms with Gasteiger partial charge >= 0.3 is 0 Å². The van der Waals surface area contributed by atoms with Gasteiger partial charge < -0.3 is 9.53 Å². The van der Waals surface area contributed by atoms with E-state index < -0.39 is 14.4 Å². The maximum atomic E-state index is 10.5. The number of hydrogen-bond acceptors (Lipinski definition) is 2. The van der Waals surface area contributed by atoms with Gasteiger partial charge in [0.15, 0.2) is 8.32 Å². The van der Waals surface area contributed by atoms with Gasteiger partial charge in [-0.3, -0.25) is 0 Å². The molecule has 20 heavy (non-hydrogen) atoms. The highest BCUT2D eigenvalue weighted by Gasteiger charge is 2.40. The van der Waals surface area contributed by atoms with Crippen molar-refractivity contribution in [1.82, 2.24) is 0 Å². The molecule has 0 aromatic heterocycles. The molecule has 1 rings (SSSR count). The number of aliphatic hydroxyl groups excluding tert-OH is 1. The third kappa shape index (κ3) is 3.83. The first kappa shape index (κ1) is 17.7. The summed E-state index contributed by atoms with van der Waals surface area (Å²) in [6.45, 7) is 20.1. The Hall–Kier alpha value is -0.383. The Kier molecular flexibility index (Phi) is 5.44. The molecule has 116 valence electrons. The number of aliphatic hydroxyl groups is 1. The summed E-state index contributed by atoms with van der Waals surface area (Å²) in [5, 5.41) is 10.7. The van der Waals surface area contributed by atoms with Crippen LogP contribution in [0.4, 0.5) is 0 Å². The average Bonchev–Trinajstić information content (AvgIpc) is 2.29. The quantitative estimate of drug-likeness (QED) is 0.610. The monoisotopic (exact) mass is 296 g/mol. The summed E-state index contributed by atoms with van der Waals surface area (Å²) in [4.78, 5) is 0. The zero-order valence-corrected chi connectivity index (χ0v) is 15.3. The van der Waals surface area contributed by atoms with Gasteiger partial charge in [-0.2, -0.15) is 0 Å². The van der Waals surface area contributed by atoms with E-state index in [-0.39, 0.29) is 11.0 Å². The Morgan fingerprint density at radius 3 is 2.45 bits per heavy atom. The SMILES string of the molecule is C=C(C)[C@@H]1CC=C(C)[C@@H](O)[C@H]1CO[Si](C)(C)C(C)(C)C. The Bertz CT molecular complexity index is 390. The molecule has 0 spiro atoms. The molecule has 0 aliphatic heterocycles. The van der Waals surface area contributed by atoms with E-state index in [1.165, 1.54) is 0 Å². The molecule has 3 heteroatoms. The van der Waals surface area contributed by atoms with Crippen LogP contribution in [0.25, 0.3) is 0 Å². The van der Waals surface area contributed by atoms with Crippen LogP contribution in [0.2, 0.25) is 18.1 Å². The standard InChI is InChI=1S/C17H32O2Si/c1-12(2)14-10-9-13(3)16(18)15(14)11-19-20(7,8)17(4,5)6/h9,14-16,18H,1,10-11H2,2-8H3/t14-,15-,16+/m0/s1. The highest BCUT2D eigenvalue weighted by atomic mass is 28.4. The summed E-state index contributed by atoms with van der Waals surface area (Å²) in [6.07, 6.45) is 2.73. The fourth-order valence-corrected chi connectivity index (χ4v) is 3.50. The van der Waals surface area contributed by atoms with Crippen LogP contribution in [-0.2, 0) is 4.43 Å². The number of hydrogen-bond donors (Lipinski definition) is 1. The summed E-state index contributed by atoms with van der Waals surface area (Å²) in [6, 6.07) is 0. The third-order valence-corrected chi connectivity index (χ3v) is 9.66. The first-order chi connectivity index (χ1) is 8.97. The van der Waals surface area contributed by atoms with E-state index in [9.17, 15) is 5.11 Å². The van der Waals surface area contributed by atoms with Gasteiger partial charge in [0, 0.05) is 12.5 Å². The molecule has 0 heterocycles. The van der Waals surface area contributed by atoms with Crippen molar-refractivity contribution in [1.29, 1.82) is 0 Å². The normalized spacial score (nSPS) is 28.2. The zero-order valence-electron chi connectivity index (χ0n) is 14.3. The fraction of sp³-hybridized carbons (Fsp3) is 0.765. The largest absolute Gasteiger partial charge is 0.416 e. The van der Waals surface area contributed by atoms with Crippen molar-refractivity contribution in [2.45, 2.75) is 65.3 Å². The Morgan fingerprint density at radius 1 is 1.45 bits per heavy atom. The van der Waals surface area contributed by atoms with Crippen LogP contribution in [0, 0.1) is 11.8 Å². The van der Waals surface area contributed by atoms with Crippen LogP contribution in [0.1, 0.15) is 41.0 Å². The highest BCUT2D eigenvalue weighted by molar-refractivity contribution is 6.74. The average molecular weight is 297 g/mol. The van der Waals surface area contributed by atoms with Crippen molar-refractivity contribution in [3.05, 3.63) is 23.8 Å². The van der Waals surface area contributed by atoms with Crippen molar-refractivity contribution in [3.8, 4) is 0 Å². The summed E-state index contributed by atoms with van der Waals surface area (Å²) in [5.74, 6) is 0.477. The maximum absolute atomic E-state index is 10.5. The molecule has 0 aromatic rings. The predicted molar refractivity (Wildman–Crippen MR) is 89.3 cm³/mol. The van der Waals surface area contributed by atoms with Crippen LogP contribution >= 0.6 is 0 Å². The van der Waals surface area contributed by atoms with Crippen LogP contribution in [0.5, 0.6) is 0 Å². The van der Waals surface area contributed by atoms with Crippen molar-refractivity contribution < 1.29 is 9.53 Å². The van der Waals surface area contributed by atoms with Crippen molar-refractivity contribution >= 4 is 8.32 Å². The minimum Gasteiger partial charge on any atom is -0.416 e. The molecule has 0 saturated heterocycles. The lowest BCUT2D eigenvalue weighted by Gasteiger charge is -2.41. The molecule has 1 aliphatic carbocycles. The minimum atomic E-state index is -1.77. The van der Waals surface area contributed by atoms with Crippen molar-refractivity contribution in [2.75, 3.05) is 6.61 Å². The molecule has 3 atom stereocenters. The lowest BCUT2D eigenvalue weighted by atomic mass is 9.75. The van der Waals surface area contributed by atoms with E-state index >= 15 is 0 Å². The molecule has 1 N–H and O–H groups in total. The first-order valence-corrected chi connectivity index (χ1v) is 10.5. The number of allylic oxidation sites excluding steroid dienone is 2. The van der Waals surface area contributed by atoms with Crippen LogP contribution in [0.15, 0.2) is 23.8 Å². The van der Waals surface area contributed by atoms with Crippen LogP contribution < -0.4 is 0 Å². The molecule has 0 fully saturated rings. The number of rotatable bonds is 4. The third-order valence-electron chi connectivity index (χ3n) is 5.16. The molecular formula is C17H32O2Si. The molecule has 0 amide bonds. The van der Waals surface area contributed by atoms with Gasteiger partial charge in [-0.15, -0.1) is 0 Å². The molecule has 2 nitrogen and oxygen atoms in total. The molecule has 0 radical (unpaired) electrons. The van der Waals surface area contributed by atoms with Crippen molar-refractivity contribution in [2.24, 2.45) is 11.8 Å². The Labute approximate surface area is 126 Å². The van der Waals surface area contributed by atoms with E-state index in [4.69, 9.17) is 4.43 Å². The Balaban J connectivity index is 2.83. The van der Waals surface area contributed by atoms with Crippen LogP contribution in [-0.4, -0.2) is 26.1 Å². The van der Waals surface area contributed by atoms with Gasteiger partial charge in [0.25, 0.3) is 0 Å². The second-order valence-electron chi connectivity index (χ2n) is 7.82. The molecule has 1 aliphatic rings. The van der Waals surface area contributed by atoms with Gasteiger partial charge in [-0.05, 0) is 49.9 Å². The van der Waals surface area contributed by atoms with Crippen molar-refractivity contribution in [3.63, 3.8) is 0 Å². The molecule has 0 saturated carbocycles. The molecule has 0 aromatic carbocycles. The predicted octanol–water partition coefficient (Wildman–Crippen LogP) is 4.53. The van der Waals surface area contributed by atoms with E-state index in [1.807, 2.05) is 6.92 Å². The smallest absolute Gasteiger partial charge is 0.191 e. The summed E-state index contributed by atoms with van der Waals surface area (Å²) < 4.78 is 6.34. The van der Waals surface area contributed by atoms with E-state index in [1.54, 1.807) is 0 Å². The van der Waals surface area contributed by atoms with E-state index in [2.05, 4.69) is 53.4 Å². The maximum Gasteiger partial charge on any atom is 0.191 e. The van der Waals surface area contributed by atoms with Gasteiger partial charge in [-0.25, -0.2) is 0 Å². The molecule has 0 unspecified atom stereocenters. The second kappa shape index (κ2) is 6.16. The van der Waals surface area contributed by atoms with Gasteiger partial charge in [0.2, 0.25) is 0 Å². The summed E-state index contributed by atoms with van der Waals surface area (Å²) in [5.41, 5.74) is 2.22. The van der Waals surface area contributed by atoms with Crippen LogP contribution in [0.3, 0.4) is 0 Å². The summed E-state index contributed by atoms with van der Waals surface area (Å²) >= 11 is 0. The first-order valence-electron chi connectivity index (χ1n) is 7.61. The lowest BCUT2D eigenvalue weighted by molar-refractivity contribution is 0.0614. The highest BCUT2D eigenvalue weighted by Crippen LogP contribution is 2.39. The fourth-order valence-electron chi connectivity index (χ4n) is 2.46. The topological polar surface area (TPSA) is 29.5 Å². The summed E-state index contributed by atoms with van der Waals surface area (Å²) in [7, 11) is -1.77. The van der Waals surface area contributed by atoms with Gasteiger partial charge in [-0.1, -0.05) is 39.0 Å². The van der Waals surface area contributed by atoms with Gasteiger partial charge in [0.05, 0.1) is 6.10 Å².